The van der Waals surface area contributed by atoms with Crippen molar-refractivity contribution in [3.05, 3.63) is 28.8 Å². The molecule has 0 saturated heterocycles. The van der Waals surface area contributed by atoms with Gasteiger partial charge in [-0.25, -0.2) is 0 Å². The minimum Gasteiger partial charge on any atom is -0.355 e. The molecule has 0 unspecified atom stereocenters. The van der Waals surface area contributed by atoms with E-state index in [9.17, 15) is 9.59 Å². The molecule has 1 aliphatic carbocycles. The molecule has 0 spiro atoms. The standard InChI is InChI=1S/C15H19ClN2O2/c1-9-8-12(9)15(20)17-6-5-14(19)18-13-4-3-11(16)7-10(13)2/h3-4,7,9,12H,5-6,8H2,1-2H3,(H,17,20)(H,18,19)/t9-,12-/m0/s1. The molecule has 0 radical (unpaired) electrons. The predicted molar refractivity (Wildman–Crippen MR) is 79.7 cm³/mol. The van der Waals surface area contributed by atoms with Crippen molar-refractivity contribution in [2.24, 2.45) is 11.8 Å². The number of halogens is 1. The van der Waals surface area contributed by atoms with Crippen LogP contribution in [0.4, 0.5) is 5.69 Å². The molecule has 4 nitrogen and oxygen atoms in total. The first-order valence-electron chi connectivity index (χ1n) is 6.81. The normalized spacial score (nSPS) is 20.4. The third-order valence-corrected chi connectivity index (χ3v) is 3.80. The molecule has 1 aromatic rings. The number of hydrogen-bond acceptors (Lipinski definition) is 2. The Hall–Kier alpha value is -1.55. The number of benzene rings is 1. The van der Waals surface area contributed by atoms with Gasteiger partial charge in [0, 0.05) is 29.6 Å². The van der Waals surface area contributed by atoms with Crippen LogP contribution in [0.2, 0.25) is 5.02 Å². The zero-order valence-electron chi connectivity index (χ0n) is 11.7. The molecule has 108 valence electrons. The molecule has 1 fully saturated rings. The second kappa shape index (κ2) is 6.27. The number of hydrogen-bond donors (Lipinski definition) is 2. The van der Waals surface area contributed by atoms with Crippen LogP contribution in [0.1, 0.15) is 25.3 Å². The van der Waals surface area contributed by atoms with Crippen molar-refractivity contribution in [2.45, 2.75) is 26.7 Å². The molecule has 0 bridgehead atoms. The van der Waals surface area contributed by atoms with E-state index < -0.39 is 0 Å². The number of nitrogens with one attached hydrogen (secondary N) is 2. The quantitative estimate of drug-likeness (QED) is 0.877. The fourth-order valence-corrected chi connectivity index (χ4v) is 2.32. The smallest absolute Gasteiger partial charge is 0.226 e. The minimum absolute atomic E-state index is 0.0629. The van der Waals surface area contributed by atoms with Gasteiger partial charge in [0.05, 0.1) is 0 Å². The lowest BCUT2D eigenvalue weighted by Crippen LogP contribution is -2.29. The van der Waals surface area contributed by atoms with Gasteiger partial charge in [-0.1, -0.05) is 18.5 Å². The Labute approximate surface area is 123 Å². The molecule has 1 aliphatic rings. The molecule has 1 aromatic carbocycles. The lowest BCUT2D eigenvalue weighted by Gasteiger charge is -2.09. The highest BCUT2D eigenvalue weighted by molar-refractivity contribution is 6.30. The minimum atomic E-state index is -0.112. The van der Waals surface area contributed by atoms with Crippen LogP contribution in [-0.4, -0.2) is 18.4 Å². The monoisotopic (exact) mass is 294 g/mol. The molecule has 0 aliphatic heterocycles. The summed E-state index contributed by atoms with van der Waals surface area (Å²) in [6.45, 7) is 4.32. The van der Waals surface area contributed by atoms with Crippen molar-refractivity contribution >= 4 is 29.1 Å². The van der Waals surface area contributed by atoms with Gasteiger partial charge >= 0.3 is 0 Å². The lowest BCUT2D eigenvalue weighted by atomic mass is 10.2. The highest BCUT2D eigenvalue weighted by Gasteiger charge is 2.38. The highest BCUT2D eigenvalue weighted by atomic mass is 35.5. The maximum Gasteiger partial charge on any atom is 0.226 e. The van der Waals surface area contributed by atoms with E-state index in [1.165, 1.54) is 0 Å². The second-order valence-corrected chi connectivity index (χ2v) is 5.80. The zero-order chi connectivity index (χ0) is 14.7. The first-order valence-corrected chi connectivity index (χ1v) is 7.19. The zero-order valence-corrected chi connectivity index (χ0v) is 12.5. The van der Waals surface area contributed by atoms with Crippen LogP contribution in [0.3, 0.4) is 0 Å². The number of amides is 2. The van der Waals surface area contributed by atoms with E-state index in [1.54, 1.807) is 18.2 Å². The van der Waals surface area contributed by atoms with Gasteiger partial charge in [0.25, 0.3) is 0 Å². The van der Waals surface area contributed by atoms with Crippen LogP contribution in [0.25, 0.3) is 0 Å². The summed E-state index contributed by atoms with van der Waals surface area (Å²) in [6, 6.07) is 5.31. The Bertz CT molecular complexity index is 531. The first kappa shape index (κ1) is 14.9. The summed E-state index contributed by atoms with van der Waals surface area (Å²) in [5.74, 6) is 0.588. The summed E-state index contributed by atoms with van der Waals surface area (Å²) in [4.78, 5) is 23.4. The van der Waals surface area contributed by atoms with E-state index in [4.69, 9.17) is 11.6 Å². The molecule has 2 rings (SSSR count). The van der Waals surface area contributed by atoms with Gasteiger partial charge in [-0.2, -0.15) is 0 Å². The molecular formula is C15H19ClN2O2. The van der Waals surface area contributed by atoms with Gasteiger partial charge in [-0.15, -0.1) is 0 Å². The van der Waals surface area contributed by atoms with E-state index in [-0.39, 0.29) is 24.2 Å². The fraction of sp³-hybridized carbons (Fsp3) is 0.467. The number of rotatable bonds is 5. The van der Waals surface area contributed by atoms with E-state index in [1.807, 2.05) is 6.92 Å². The van der Waals surface area contributed by atoms with Gasteiger partial charge in [-0.05, 0) is 43.0 Å². The van der Waals surface area contributed by atoms with Crippen molar-refractivity contribution in [2.75, 3.05) is 11.9 Å². The van der Waals surface area contributed by atoms with Crippen LogP contribution < -0.4 is 10.6 Å². The third kappa shape index (κ3) is 3.97. The Morgan fingerprint density at radius 1 is 1.40 bits per heavy atom. The van der Waals surface area contributed by atoms with Gasteiger partial charge < -0.3 is 10.6 Å². The topological polar surface area (TPSA) is 58.2 Å². The van der Waals surface area contributed by atoms with Crippen LogP contribution in [0.15, 0.2) is 18.2 Å². The van der Waals surface area contributed by atoms with Gasteiger partial charge in [0.2, 0.25) is 11.8 Å². The molecule has 2 amide bonds. The van der Waals surface area contributed by atoms with E-state index in [2.05, 4.69) is 17.6 Å². The fourth-order valence-electron chi connectivity index (χ4n) is 2.10. The Kier molecular flexibility index (Phi) is 4.65. The lowest BCUT2D eigenvalue weighted by molar-refractivity contribution is -0.122. The highest BCUT2D eigenvalue weighted by Crippen LogP contribution is 2.37. The average Bonchev–Trinajstić information content (AvgIpc) is 3.10. The van der Waals surface area contributed by atoms with Crippen molar-refractivity contribution in [3.8, 4) is 0 Å². The molecule has 0 heterocycles. The molecule has 1 saturated carbocycles. The summed E-state index contributed by atoms with van der Waals surface area (Å²) >= 11 is 5.86. The van der Waals surface area contributed by atoms with Gasteiger partial charge in [-0.3, -0.25) is 9.59 Å². The maximum absolute atomic E-state index is 11.8. The average molecular weight is 295 g/mol. The van der Waals surface area contributed by atoms with Crippen molar-refractivity contribution in [1.29, 1.82) is 0 Å². The van der Waals surface area contributed by atoms with Crippen LogP contribution in [0, 0.1) is 18.8 Å². The molecule has 5 heteroatoms. The Morgan fingerprint density at radius 3 is 2.70 bits per heavy atom. The molecular weight excluding hydrogens is 276 g/mol. The molecule has 2 atom stereocenters. The Morgan fingerprint density at radius 2 is 2.10 bits per heavy atom. The van der Waals surface area contributed by atoms with Crippen LogP contribution in [0.5, 0.6) is 0 Å². The van der Waals surface area contributed by atoms with Gasteiger partial charge in [0.15, 0.2) is 0 Å². The largest absolute Gasteiger partial charge is 0.355 e. The van der Waals surface area contributed by atoms with E-state index in [0.717, 1.165) is 17.7 Å². The summed E-state index contributed by atoms with van der Waals surface area (Å²) in [5.41, 5.74) is 1.67. The van der Waals surface area contributed by atoms with Crippen LogP contribution >= 0.6 is 11.6 Å². The SMILES string of the molecule is Cc1cc(Cl)ccc1NC(=O)CCNC(=O)[C@H]1C[C@@H]1C. The maximum atomic E-state index is 11.8. The number of carbonyl (C=O) groups is 2. The molecule has 0 aromatic heterocycles. The second-order valence-electron chi connectivity index (χ2n) is 5.37. The summed E-state index contributed by atoms with van der Waals surface area (Å²) in [5, 5.41) is 6.26. The number of aryl methyl sites for hydroxylation is 1. The van der Waals surface area contributed by atoms with Crippen molar-refractivity contribution < 1.29 is 9.59 Å². The van der Waals surface area contributed by atoms with Crippen molar-refractivity contribution in [3.63, 3.8) is 0 Å². The summed E-state index contributed by atoms with van der Waals surface area (Å²) in [6.07, 6.45) is 1.23. The van der Waals surface area contributed by atoms with Gasteiger partial charge in [0.1, 0.15) is 0 Å². The number of anilines is 1. The predicted octanol–water partition coefficient (Wildman–Crippen LogP) is 2.75. The summed E-state index contributed by atoms with van der Waals surface area (Å²) in [7, 11) is 0. The van der Waals surface area contributed by atoms with Crippen molar-refractivity contribution in [1.82, 2.24) is 5.32 Å². The van der Waals surface area contributed by atoms with E-state index >= 15 is 0 Å². The van der Waals surface area contributed by atoms with E-state index in [0.29, 0.717) is 17.5 Å². The number of carbonyl (C=O) groups excluding carboxylic acids is 2. The third-order valence-electron chi connectivity index (χ3n) is 3.56. The molecule has 20 heavy (non-hydrogen) atoms. The van der Waals surface area contributed by atoms with Crippen LogP contribution in [-0.2, 0) is 9.59 Å². The first-order chi connectivity index (χ1) is 9.47. The summed E-state index contributed by atoms with van der Waals surface area (Å²) < 4.78 is 0. The molecule has 2 N–H and O–H groups in total. The Balaban J connectivity index is 1.73.